The van der Waals surface area contributed by atoms with Crippen LogP contribution in [-0.2, 0) is 4.79 Å². The maximum Gasteiger partial charge on any atom is 0.146 e. The lowest BCUT2D eigenvalue weighted by molar-refractivity contribution is -0.105. The van der Waals surface area contributed by atoms with E-state index in [0.717, 1.165) is 28.7 Å². The summed E-state index contributed by atoms with van der Waals surface area (Å²) in [5, 5.41) is 0. The Morgan fingerprint density at radius 2 is 2.14 bits per heavy atom. The first-order valence-corrected chi connectivity index (χ1v) is 4.70. The van der Waals surface area contributed by atoms with Crippen LogP contribution in [0.1, 0.15) is 18.9 Å². The molecule has 2 rings (SSSR count). The molecular formula is C12H12O2. The maximum atomic E-state index is 10.8. The Hall–Kier alpha value is -1.57. The molecule has 14 heavy (non-hydrogen) atoms. The second kappa shape index (κ2) is 3.66. The van der Waals surface area contributed by atoms with Gasteiger partial charge in [0.15, 0.2) is 0 Å². The number of carbonyl (C=O) groups excluding carboxylic acids is 1. The molecule has 2 nitrogen and oxygen atoms in total. The van der Waals surface area contributed by atoms with Crippen LogP contribution in [0.2, 0.25) is 0 Å². The van der Waals surface area contributed by atoms with E-state index in [2.05, 4.69) is 0 Å². The van der Waals surface area contributed by atoms with Crippen LogP contribution >= 0.6 is 0 Å². The van der Waals surface area contributed by atoms with E-state index in [1.165, 1.54) is 0 Å². The zero-order valence-electron chi connectivity index (χ0n) is 8.12. The van der Waals surface area contributed by atoms with Gasteiger partial charge in [-0.15, -0.1) is 0 Å². The quantitative estimate of drug-likeness (QED) is 0.633. The van der Waals surface area contributed by atoms with Crippen LogP contribution < -0.4 is 4.74 Å². The van der Waals surface area contributed by atoms with Gasteiger partial charge >= 0.3 is 0 Å². The highest BCUT2D eigenvalue weighted by molar-refractivity contribution is 5.89. The van der Waals surface area contributed by atoms with E-state index in [1.54, 1.807) is 0 Å². The van der Waals surface area contributed by atoms with Crippen LogP contribution in [0.4, 0.5) is 0 Å². The second-order valence-electron chi connectivity index (χ2n) is 3.36. The Balaban J connectivity index is 2.57. The van der Waals surface area contributed by atoms with Gasteiger partial charge in [-0.3, -0.25) is 4.79 Å². The summed E-state index contributed by atoms with van der Waals surface area (Å²) in [5.41, 5.74) is 2.91. The van der Waals surface area contributed by atoms with Gasteiger partial charge in [-0.1, -0.05) is 18.2 Å². The number of carbonyl (C=O) groups is 1. The molecule has 0 N–H and O–H groups in total. The molecule has 0 saturated carbocycles. The van der Waals surface area contributed by atoms with Gasteiger partial charge in [0.1, 0.15) is 12.0 Å². The molecular weight excluding hydrogens is 176 g/mol. The molecule has 0 fully saturated rings. The SMILES string of the molecule is CC1=C(C=O)CCOc2ccccc21. The largest absolute Gasteiger partial charge is 0.493 e. The van der Waals surface area contributed by atoms with E-state index in [4.69, 9.17) is 4.74 Å². The molecule has 0 radical (unpaired) electrons. The molecule has 1 aliphatic heterocycles. The van der Waals surface area contributed by atoms with Crippen molar-refractivity contribution in [3.63, 3.8) is 0 Å². The lowest BCUT2D eigenvalue weighted by atomic mass is 10.0. The minimum atomic E-state index is 0.586. The summed E-state index contributed by atoms with van der Waals surface area (Å²) in [7, 11) is 0. The highest BCUT2D eigenvalue weighted by Gasteiger charge is 2.13. The number of benzene rings is 1. The Morgan fingerprint density at radius 1 is 1.36 bits per heavy atom. The van der Waals surface area contributed by atoms with E-state index < -0.39 is 0 Å². The molecule has 1 heterocycles. The van der Waals surface area contributed by atoms with E-state index >= 15 is 0 Å². The van der Waals surface area contributed by atoms with Crippen molar-refractivity contribution < 1.29 is 9.53 Å². The number of allylic oxidation sites excluding steroid dienone is 1. The standard InChI is InChI=1S/C12H12O2/c1-9-10(8-13)6-7-14-12-5-3-2-4-11(9)12/h2-5,8H,6-7H2,1H3. The zero-order chi connectivity index (χ0) is 9.97. The molecule has 1 aromatic carbocycles. The third-order valence-corrected chi connectivity index (χ3v) is 2.54. The first-order valence-electron chi connectivity index (χ1n) is 4.70. The predicted molar refractivity (Wildman–Crippen MR) is 55.2 cm³/mol. The second-order valence-corrected chi connectivity index (χ2v) is 3.36. The van der Waals surface area contributed by atoms with Crippen LogP contribution in [0, 0.1) is 0 Å². The Bertz CT molecular complexity index is 391. The summed E-state index contributed by atoms with van der Waals surface area (Å²) in [6.07, 6.45) is 1.63. The van der Waals surface area contributed by atoms with Crippen molar-refractivity contribution in [3.05, 3.63) is 35.4 Å². The highest BCUT2D eigenvalue weighted by Crippen LogP contribution is 2.30. The van der Waals surface area contributed by atoms with Crippen molar-refractivity contribution in [1.82, 2.24) is 0 Å². The molecule has 1 aromatic rings. The van der Waals surface area contributed by atoms with E-state index in [-0.39, 0.29) is 0 Å². The smallest absolute Gasteiger partial charge is 0.146 e. The van der Waals surface area contributed by atoms with Crippen LogP contribution in [0.25, 0.3) is 5.57 Å². The summed E-state index contributed by atoms with van der Waals surface area (Å²) >= 11 is 0. The number of hydrogen-bond donors (Lipinski definition) is 0. The van der Waals surface area contributed by atoms with Crippen LogP contribution in [-0.4, -0.2) is 12.9 Å². The van der Waals surface area contributed by atoms with Gasteiger partial charge in [-0.2, -0.15) is 0 Å². The molecule has 0 saturated heterocycles. The molecule has 72 valence electrons. The van der Waals surface area contributed by atoms with Gasteiger partial charge in [-0.25, -0.2) is 0 Å². The topological polar surface area (TPSA) is 26.3 Å². The fraction of sp³-hybridized carbons (Fsp3) is 0.250. The van der Waals surface area contributed by atoms with Crippen molar-refractivity contribution in [1.29, 1.82) is 0 Å². The molecule has 0 atom stereocenters. The summed E-state index contributed by atoms with van der Waals surface area (Å²) in [5.74, 6) is 0.877. The van der Waals surface area contributed by atoms with Gasteiger partial charge in [0.25, 0.3) is 0 Å². The average molecular weight is 188 g/mol. The van der Waals surface area contributed by atoms with Gasteiger partial charge in [0, 0.05) is 12.0 Å². The monoisotopic (exact) mass is 188 g/mol. The predicted octanol–water partition coefficient (Wildman–Crippen LogP) is 2.44. The molecule has 0 aliphatic carbocycles. The molecule has 0 aromatic heterocycles. The Kier molecular flexibility index (Phi) is 2.35. The fourth-order valence-electron chi connectivity index (χ4n) is 1.68. The number of hydrogen-bond acceptors (Lipinski definition) is 2. The number of para-hydroxylation sites is 1. The lowest BCUT2D eigenvalue weighted by Gasteiger charge is -2.06. The van der Waals surface area contributed by atoms with Gasteiger partial charge in [-0.05, 0) is 24.1 Å². The molecule has 0 bridgehead atoms. The minimum Gasteiger partial charge on any atom is -0.493 e. The van der Waals surface area contributed by atoms with E-state index in [1.807, 2.05) is 31.2 Å². The van der Waals surface area contributed by atoms with Crippen molar-refractivity contribution in [2.75, 3.05) is 6.61 Å². The van der Waals surface area contributed by atoms with Crippen LogP contribution in [0.15, 0.2) is 29.8 Å². The molecule has 0 unspecified atom stereocenters. The highest BCUT2D eigenvalue weighted by atomic mass is 16.5. The summed E-state index contributed by atoms with van der Waals surface area (Å²) in [6.45, 7) is 2.56. The summed E-state index contributed by atoms with van der Waals surface area (Å²) in [4.78, 5) is 10.8. The number of rotatable bonds is 1. The van der Waals surface area contributed by atoms with Crippen molar-refractivity contribution >= 4 is 11.9 Å². The maximum absolute atomic E-state index is 10.8. The summed E-state index contributed by atoms with van der Waals surface area (Å²) in [6, 6.07) is 7.82. The van der Waals surface area contributed by atoms with Gasteiger partial charge < -0.3 is 4.74 Å². The Labute approximate surface area is 83.2 Å². The van der Waals surface area contributed by atoms with Crippen LogP contribution in [0.5, 0.6) is 5.75 Å². The molecule has 0 spiro atoms. The first-order chi connectivity index (χ1) is 6.83. The summed E-state index contributed by atoms with van der Waals surface area (Å²) < 4.78 is 5.55. The lowest BCUT2D eigenvalue weighted by Crippen LogP contribution is -1.96. The van der Waals surface area contributed by atoms with Crippen molar-refractivity contribution in [2.45, 2.75) is 13.3 Å². The van der Waals surface area contributed by atoms with Gasteiger partial charge in [0.2, 0.25) is 0 Å². The number of ether oxygens (including phenoxy) is 1. The fourth-order valence-corrected chi connectivity index (χ4v) is 1.68. The normalized spacial score (nSPS) is 15.5. The molecule has 2 heteroatoms. The first kappa shape index (κ1) is 9.00. The van der Waals surface area contributed by atoms with Crippen LogP contribution in [0.3, 0.4) is 0 Å². The van der Waals surface area contributed by atoms with Crippen molar-refractivity contribution in [3.8, 4) is 5.75 Å². The van der Waals surface area contributed by atoms with E-state index in [0.29, 0.717) is 13.0 Å². The Morgan fingerprint density at radius 3 is 2.93 bits per heavy atom. The van der Waals surface area contributed by atoms with E-state index in [9.17, 15) is 4.79 Å². The number of aldehydes is 1. The third kappa shape index (κ3) is 1.43. The zero-order valence-corrected chi connectivity index (χ0v) is 8.12. The van der Waals surface area contributed by atoms with Gasteiger partial charge in [0.05, 0.1) is 6.61 Å². The third-order valence-electron chi connectivity index (χ3n) is 2.54. The minimum absolute atomic E-state index is 0.586. The molecule has 0 amide bonds. The number of fused-ring (bicyclic) bond motifs is 1. The average Bonchev–Trinajstić information content (AvgIpc) is 2.39. The van der Waals surface area contributed by atoms with Crippen molar-refractivity contribution in [2.24, 2.45) is 0 Å². The molecule has 1 aliphatic rings.